The molecule has 132 valence electrons. The number of aliphatic carboxylic acids is 1. The van der Waals surface area contributed by atoms with Crippen molar-refractivity contribution in [2.24, 2.45) is 0 Å². The number of hydrogen-bond donors (Lipinski definition) is 1. The zero-order valence-corrected chi connectivity index (χ0v) is 10.8. The van der Waals surface area contributed by atoms with Crippen molar-refractivity contribution >= 4 is 16.1 Å². The maximum Gasteiger partial charge on any atom is 0.460 e. The summed E-state index contributed by atoms with van der Waals surface area (Å²) in [6.45, 7) is 0.232. The smallest absolute Gasteiger partial charge is 0.460 e. The molecule has 15 heteroatoms. The summed E-state index contributed by atoms with van der Waals surface area (Å²) in [6.07, 6.45) is -9.96. The minimum atomic E-state index is -7.46. The molecule has 22 heavy (non-hydrogen) atoms. The number of carbonyl (C=O) groups is 1. The molecule has 0 rings (SSSR count). The average Bonchev–Trinajstić information content (AvgIpc) is 2.25. The Morgan fingerprint density at radius 2 is 1.32 bits per heavy atom. The van der Waals surface area contributed by atoms with Gasteiger partial charge in [0.1, 0.15) is 0 Å². The molecule has 1 unspecified atom stereocenters. The van der Waals surface area contributed by atoms with Gasteiger partial charge in [0.25, 0.3) is 0 Å². The van der Waals surface area contributed by atoms with Gasteiger partial charge in [-0.1, -0.05) is 0 Å². The lowest BCUT2D eigenvalue weighted by Crippen LogP contribution is -2.63. The van der Waals surface area contributed by atoms with Gasteiger partial charge >= 0.3 is 39.4 Å². The Morgan fingerprint density at radius 3 is 1.59 bits per heavy atom. The molecule has 1 atom stereocenters. The molecular weight excluding hydrogens is 367 g/mol. The van der Waals surface area contributed by atoms with Crippen molar-refractivity contribution in [3.63, 3.8) is 0 Å². The van der Waals surface area contributed by atoms with Crippen LogP contribution in [-0.2, 0) is 19.1 Å². The van der Waals surface area contributed by atoms with Crippen LogP contribution in [0.1, 0.15) is 6.92 Å². The number of rotatable bonds is 6. The van der Waals surface area contributed by atoms with Gasteiger partial charge in [-0.05, 0) is 6.92 Å². The number of hydrogen-bond acceptors (Lipinski definition) is 4. The summed E-state index contributed by atoms with van der Waals surface area (Å²) in [5.41, 5.74) is 0. The Morgan fingerprint density at radius 1 is 0.955 bits per heavy atom. The Kier molecular flexibility index (Phi) is 5.12. The van der Waals surface area contributed by atoms with E-state index in [1.165, 1.54) is 0 Å². The Bertz CT molecular complexity index is 537. The van der Waals surface area contributed by atoms with Gasteiger partial charge in [0.15, 0.2) is 6.10 Å². The van der Waals surface area contributed by atoms with Crippen LogP contribution in [0.4, 0.5) is 39.5 Å². The minimum absolute atomic E-state index is 0.232. The van der Waals surface area contributed by atoms with Gasteiger partial charge in [0.05, 0.1) is 0 Å². The van der Waals surface area contributed by atoms with Crippen molar-refractivity contribution in [3.05, 3.63) is 0 Å². The first-order chi connectivity index (χ1) is 9.33. The van der Waals surface area contributed by atoms with Crippen LogP contribution in [0.15, 0.2) is 0 Å². The lowest BCUT2D eigenvalue weighted by Gasteiger charge is -2.32. The molecule has 0 aliphatic heterocycles. The lowest BCUT2D eigenvalue weighted by molar-refractivity contribution is -0.382. The molecular formula is C7H5F9O5S. The summed E-state index contributed by atoms with van der Waals surface area (Å²) >= 11 is 0. The van der Waals surface area contributed by atoms with Crippen LogP contribution >= 0.6 is 0 Å². The third-order valence-corrected chi connectivity index (χ3v) is 3.48. The number of carboxylic acid groups (broad SMARTS) is 1. The fraction of sp³-hybridized carbons (Fsp3) is 0.857. The second-order valence-corrected chi connectivity index (χ2v) is 5.31. The molecule has 0 aliphatic carbocycles. The van der Waals surface area contributed by atoms with Gasteiger partial charge in [-0.15, -0.1) is 0 Å². The Balaban J connectivity index is 5.96. The largest absolute Gasteiger partial charge is 0.479 e. The first-order valence-electron chi connectivity index (χ1n) is 4.68. The second-order valence-electron chi connectivity index (χ2n) is 3.69. The predicted molar refractivity (Wildman–Crippen MR) is 48.0 cm³/mol. The van der Waals surface area contributed by atoms with E-state index in [9.17, 15) is 52.7 Å². The summed E-state index contributed by atoms with van der Waals surface area (Å²) in [5.74, 6) is -17.2. The van der Waals surface area contributed by atoms with Gasteiger partial charge < -0.3 is 5.11 Å². The summed E-state index contributed by atoms with van der Waals surface area (Å²) < 4.78 is 136. The predicted octanol–water partition coefficient (Wildman–Crippen LogP) is 2.23. The van der Waals surface area contributed by atoms with Crippen LogP contribution in [0.5, 0.6) is 0 Å². The minimum Gasteiger partial charge on any atom is -0.479 e. The van der Waals surface area contributed by atoms with Gasteiger partial charge in [-0.3, -0.25) is 4.18 Å². The molecule has 0 saturated carbocycles. The van der Waals surface area contributed by atoms with E-state index in [-0.39, 0.29) is 6.92 Å². The monoisotopic (exact) mass is 372 g/mol. The summed E-state index contributed by atoms with van der Waals surface area (Å²) in [6, 6.07) is 0. The van der Waals surface area contributed by atoms with E-state index < -0.39 is 45.5 Å². The quantitative estimate of drug-likeness (QED) is 0.571. The summed E-state index contributed by atoms with van der Waals surface area (Å²) in [7, 11) is -7.15. The van der Waals surface area contributed by atoms with E-state index in [0.29, 0.717) is 0 Å². The molecule has 0 spiro atoms. The number of carboxylic acids is 1. The van der Waals surface area contributed by atoms with Crippen LogP contribution in [0.2, 0.25) is 0 Å². The van der Waals surface area contributed by atoms with Gasteiger partial charge in [0, 0.05) is 0 Å². The third-order valence-electron chi connectivity index (χ3n) is 2.05. The van der Waals surface area contributed by atoms with Gasteiger partial charge in [0.2, 0.25) is 0 Å². The molecule has 0 aromatic heterocycles. The van der Waals surface area contributed by atoms with E-state index in [1.807, 2.05) is 0 Å². The Labute approximate surface area is 115 Å². The molecule has 1 N–H and O–H groups in total. The molecule has 0 aliphatic rings. The van der Waals surface area contributed by atoms with Crippen molar-refractivity contribution in [2.45, 2.75) is 36.3 Å². The maximum atomic E-state index is 13.0. The highest BCUT2D eigenvalue weighted by atomic mass is 32.2. The molecule has 0 aromatic rings. The van der Waals surface area contributed by atoms with Crippen molar-refractivity contribution in [2.75, 3.05) is 0 Å². The number of halogens is 9. The van der Waals surface area contributed by atoms with Crippen LogP contribution in [-0.4, -0.2) is 48.9 Å². The normalized spacial score (nSPS) is 16.5. The van der Waals surface area contributed by atoms with E-state index in [2.05, 4.69) is 4.18 Å². The molecule has 0 amide bonds. The molecule has 0 fully saturated rings. The van der Waals surface area contributed by atoms with E-state index in [0.717, 1.165) is 0 Å². The van der Waals surface area contributed by atoms with E-state index in [4.69, 9.17) is 5.11 Å². The summed E-state index contributed by atoms with van der Waals surface area (Å²) in [5, 5.41) is 1.09. The summed E-state index contributed by atoms with van der Waals surface area (Å²) in [4.78, 5) is 10.2. The molecule has 0 heterocycles. The van der Waals surface area contributed by atoms with E-state index >= 15 is 0 Å². The first kappa shape index (κ1) is 20.8. The third kappa shape index (κ3) is 3.09. The van der Waals surface area contributed by atoms with Crippen LogP contribution in [0.3, 0.4) is 0 Å². The molecule has 0 saturated heterocycles. The van der Waals surface area contributed by atoms with Crippen molar-refractivity contribution < 1.29 is 62.0 Å². The van der Waals surface area contributed by atoms with Crippen LogP contribution in [0.25, 0.3) is 0 Å². The van der Waals surface area contributed by atoms with Gasteiger partial charge in [-0.2, -0.15) is 47.9 Å². The zero-order chi connectivity index (χ0) is 18.4. The zero-order valence-electron chi connectivity index (χ0n) is 9.97. The fourth-order valence-electron chi connectivity index (χ4n) is 0.809. The SMILES string of the molecule is CC(OS(=O)(=O)C(F)(F)C(F)(F)C(F)(F)C(F)(F)F)C(=O)O. The maximum absolute atomic E-state index is 13.0. The molecule has 0 aromatic carbocycles. The lowest BCUT2D eigenvalue weighted by atomic mass is 10.1. The van der Waals surface area contributed by atoms with E-state index in [1.54, 1.807) is 0 Å². The first-order valence-corrected chi connectivity index (χ1v) is 6.09. The fourth-order valence-corrected chi connectivity index (χ4v) is 1.83. The average molecular weight is 372 g/mol. The highest BCUT2D eigenvalue weighted by Crippen LogP contribution is 2.55. The highest BCUT2D eigenvalue weighted by Gasteiger charge is 2.85. The van der Waals surface area contributed by atoms with Crippen molar-refractivity contribution in [3.8, 4) is 0 Å². The molecule has 0 radical (unpaired) electrons. The topological polar surface area (TPSA) is 80.7 Å². The van der Waals surface area contributed by atoms with Crippen LogP contribution in [0, 0.1) is 0 Å². The van der Waals surface area contributed by atoms with Gasteiger partial charge in [-0.25, -0.2) is 4.79 Å². The van der Waals surface area contributed by atoms with Crippen molar-refractivity contribution in [1.82, 2.24) is 0 Å². The molecule has 0 bridgehead atoms. The highest BCUT2D eigenvalue weighted by molar-refractivity contribution is 7.87. The Hall–Kier alpha value is -1.25. The second kappa shape index (κ2) is 5.43. The number of alkyl halides is 9. The van der Waals surface area contributed by atoms with Crippen LogP contribution < -0.4 is 0 Å². The standard InChI is InChI=1S/C7H5F9O5S/c1-2(3(17)18)21-22(19,20)7(15,16)5(10,11)4(8,9)6(12,13)14/h2H,1H3,(H,17,18). The van der Waals surface area contributed by atoms with Crippen molar-refractivity contribution in [1.29, 1.82) is 0 Å². The molecule has 5 nitrogen and oxygen atoms in total.